The van der Waals surface area contributed by atoms with Crippen LogP contribution >= 0.6 is 0 Å². The SMILES string of the molecule is CC(C)[Si](C(=C=CF)C=O)(C(C)C)C(C)C. The van der Waals surface area contributed by atoms with Crippen molar-refractivity contribution in [1.82, 2.24) is 0 Å². The molecule has 16 heavy (non-hydrogen) atoms. The molecule has 0 heterocycles. The van der Waals surface area contributed by atoms with Crippen molar-refractivity contribution < 1.29 is 9.18 Å². The highest BCUT2D eigenvalue weighted by atomic mass is 28.3. The highest BCUT2D eigenvalue weighted by Gasteiger charge is 2.46. The zero-order valence-corrected chi connectivity index (χ0v) is 12.2. The third-order valence-corrected chi connectivity index (χ3v) is 10.6. The molecular formula is C13H23FOSi. The quantitative estimate of drug-likeness (QED) is 0.302. The molecule has 0 aliphatic rings. The van der Waals surface area contributed by atoms with E-state index in [1.54, 1.807) is 0 Å². The Morgan fingerprint density at radius 3 is 1.62 bits per heavy atom. The van der Waals surface area contributed by atoms with Crippen LogP contribution in [-0.2, 0) is 4.79 Å². The maximum atomic E-state index is 12.4. The van der Waals surface area contributed by atoms with Crippen molar-refractivity contribution in [3.63, 3.8) is 0 Å². The number of allylic oxidation sites excluding steroid dienone is 1. The van der Waals surface area contributed by atoms with E-state index in [9.17, 15) is 9.18 Å². The maximum absolute atomic E-state index is 12.4. The van der Waals surface area contributed by atoms with Gasteiger partial charge in [-0.2, -0.15) is 0 Å². The number of halogens is 1. The Balaban J connectivity index is 5.89. The molecule has 0 unspecified atom stereocenters. The molecule has 0 bridgehead atoms. The lowest BCUT2D eigenvalue weighted by atomic mass is 10.5. The van der Waals surface area contributed by atoms with E-state index in [1.807, 2.05) is 0 Å². The molecule has 0 radical (unpaired) electrons. The van der Waals surface area contributed by atoms with Gasteiger partial charge < -0.3 is 0 Å². The first-order chi connectivity index (χ1) is 7.35. The summed E-state index contributed by atoms with van der Waals surface area (Å²) in [6, 6.07) is 0. The molecule has 0 aliphatic carbocycles. The van der Waals surface area contributed by atoms with Crippen molar-refractivity contribution in [2.24, 2.45) is 0 Å². The van der Waals surface area contributed by atoms with Crippen molar-refractivity contribution in [1.29, 1.82) is 0 Å². The van der Waals surface area contributed by atoms with Crippen LogP contribution in [0.1, 0.15) is 41.5 Å². The molecule has 0 amide bonds. The van der Waals surface area contributed by atoms with Gasteiger partial charge in [0.05, 0.1) is 0 Å². The molecule has 0 aromatic carbocycles. The Bertz CT molecular complexity index is 277. The molecule has 0 atom stereocenters. The van der Waals surface area contributed by atoms with E-state index in [0.29, 0.717) is 28.1 Å². The largest absolute Gasteiger partial charge is 0.298 e. The van der Waals surface area contributed by atoms with Gasteiger partial charge in [0, 0.05) is 5.20 Å². The van der Waals surface area contributed by atoms with Gasteiger partial charge in [-0.1, -0.05) is 47.3 Å². The molecule has 0 saturated heterocycles. The van der Waals surface area contributed by atoms with Gasteiger partial charge >= 0.3 is 0 Å². The molecule has 0 rings (SSSR count). The number of hydrogen-bond donors (Lipinski definition) is 0. The topological polar surface area (TPSA) is 17.1 Å². The molecule has 1 nitrogen and oxygen atoms in total. The van der Waals surface area contributed by atoms with Gasteiger partial charge in [-0.3, -0.25) is 4.79 Å². The lowest BCUT2D eigenvalue weighted by Gasteiger charge is -2.42. The van der Waals surface area contributed by atoms with Crippen LogP contribution in [0.15, 0.2) is 17.3 Å². The van der Waals surface area contributed by atoms with Gasteiger partial charge in [-0.05, 0) is 16.6 Å². The number of hydrogen-bond acceptors (Lipinski definition) is 1. The van der Waals surface area contributed by atoms with E-state index in [4.69, 9.17) is 0 Å². The normalized spacial score (nSPS) is 11.9. The molecule has 0 aromatic heterocycles. The first kappa shape index (κ1) is 15.3. The predicted octanol–water partition coefficient (Wildman–Crippen LogP) is 4.41. The minimum atomic E-state index is -2.01. The second-order valence-corrected chi connectivity index (χ2v) is 11.1. The van der Waals surface area contributed by atoms with Gasteiger partial charge in [-0.15, -0.1) is 0 Å². The van der Waals surface area contributed by atoms with E-state index in [-0.39, 0.29) is 0 Å². The summed E-state index contributed by atoms with van der Waals surface area (Å²) >= 11 is 0. The van der Waals surface area contributed by atoms with Crippen LogP contribution in [0, 0.1) is 0 Å². The fourth-order valence-corrected chi connectivity index (χ4v) is 9.63. The minimum absolute atomic E-state index is 0.374. The van der Waals surface area contributed by atoms with Gasteiger partial charge in [0.1, 0.15) is 20.7 Å². The van der Waals surface area contributed by atoms with Crippen LogP contribution in [-0.4, -0.2) is 14.4 Å². The summed E-state index contributed by atoms with van der Waals surface area (Å²) in [7, 11) is -2.01. The smallest absolute Gasteiger partial charge is 0.149 e. The van der Waals surface area contributed by atoms with E-state index in [2.05, 4.69) is 47.3 Å². The van der Waals surface area contributed by atoms with E-state index in [0.717, 1.165) is 6.29 Å². The van der Waals surface area contributed by atoms with Crippen LogP contribution in [0.25, 0.3) is 0 Å². The third-order valence-electron chi connectivity index (χ3n) is 3.66. The fourth-order valence-electron chi connectivity index (χ4n) is 3.25. The summed E-state index contributed by atoms with van der Waals surface area (Å²) in [5, 5.41) is 0.579. The zero-order chi connectivity index (χ0) is 12.9. The van der Waals surface area contributed by atoms with Gasteiger partial charge in [-0.25, -0.2) is 4.39 Å². The Morgan fingerprint density at radius 1 is 1.06 bits per heavy atom. The number of carbonyl (C=O) groups is 1. The first-order valence-electron chi connectivity index (χ1n) is 5.86. The van der Waals surface area contributed by atoms with Crippen LogP contribution < -0.4 is 0 Å². The van der Waals surface area contributed by atoms with E-state index < -0.39 is 8.07 Å². The number of carbonyl (C=O) groups excluding carboxylic acids is 1. The molecular weight excluding hydrogens is 219 g/mol. The molecule has 0 N–H and O–H groups in total. The Labute approximate surface area is 99.4 Å². The molecule has 92 valence electrons. The summed E-state index contributed by atoms with van der Waals surface area (Å²) < 4.78 is 12.4. The first-order valence-corrected chi connectivity index (χ1v) is 8.09. The lowest BCUT2D eigenvalue weighted by molar-refractivity contribution is -0.104. The maximum Gasteiger partial charge on any atom is 0.149 e. The highest BCUT2D eigenvalue weighted by molar-refractivity contribution is 6.92. The predicted molar refractivity (Wildman–Crippen MR) is 69.8 cm³/mol. The summed E-state index contributed by atoms with van der Waals surface area (Å²) in [5.41, 5.74) is 3.74. The van der Waals surface area contributed by atoms with Crippen molar-refractivity contribution in [3.8, 4) is 0 Å². The zero-order valence-electron chi connectivity index (χ0n) is 11.2. The Morgan fingerprint density at radius 2 is 1.44 bits per heavy atom. The Hall–Kier alpha value is -0.663. The van der Waals surface area contributed by atoms with Gasteiger partial charge in [0.2, 0.25) is 0 Å². The van der Waals surface area contributed by atoms with E-state index >= 15 is 0 Å². The second kappa shape index (κ2) is 6.17. The van der Waals surface area contributed by atoms with Gasteiger partial charge in [0.15, 0.2) is 0 Å². The summed E-state index contributed by atoms with van der Waals surface area (Å²) in [4.78, 5) is 11.2. The van der Waals surface area contributed by atoms with Crippen molar-refractivity contribution in [2.45, 2.75) is 58.2 Å². The lowest BCUT2D eigenvalue weighted by Crippen LogP contribution is -2.47. The summed E-state index contributed by atoms with van der Waals surface area (Å²) in [6.45, 7) is 12.8. The molecule has 0 aliphatic heterocycles. The van der Waals surface area contributed by atoms with Crippen molar-refractivity contribution in [2.75, 3.05) is 0 Å². The van der Waals surface area contributed by atoms with Crippen LogP contribution in [0.2, 0.25) is 16.6 Å². The van der Waals surface area contributed by atoms with Gasteiger partial charge in [0.25, 0.3) is 0 Å². The van der Waals surface area contributed by atoms with Crippen molar-refractivity contribution in [3.05, 3.63) is 17.3 Å². The summed E-state index contributed by atoms with van der Waals surface area (Å²) in [6.07, 6.45) is 1.18. The average Bonchev–Trinajstić information content (AvgIpc) is 2.15. The van der Waals surface area contributed by atoms with E-state index in [1.165, 1.54) is 0 Å². The molecule has 0 spiro atoms. The fraction of sp³-hybridized carbons (Fsp3) is 0.692. The van der Waals surface area contributed by atoms with Crippen LogP contribution in [0.5, 0.6) is 0 Å². The highest BCUT2D eigenvalue weighted by Crippen LogP contribution is 2.45. The molecule has 0 aromatic rings. The van der Waals surface area contributed by atoms with Crippen LogP contribution in [0.4, 0.5) is 4.39 Å². The molecule has 3 heteroatoms. The third kappa shape index (κ3) is 2.53. The standard InChI is InChI=1S/C13H23FOSi/c1-10(2)16(11(3)4,12(5)6)13(9-15)7-8-14/h8-12H,1-6H3. The molecule has 0 saturated carbocycles. The number of rotatable bonds is 5. The average molecular weight is 242 g/mol. The van der Waals surface area contributed by atoms with Crippen LogP contribution in [0.3, 0.4) is 0 Å². The monoisotopic (exact) mass is 242 g/mol. The summed E-state index contributed by atoms with van der Waals surface area (Å²) in [5.74, 6) is 0. The Kier molecular flexibility index (Phi) is 5.91. The minimum Gasteiger partial charge on any atom is -0.298 e. The molecule has 0 fully saturated rings. The second-order valence-electron chi connectivity index (χ2n) is 5.18. The van der Waals surface area contributed by atoms with Crippen molar-refractivity contribution >= 4 is 14.4 Å². The number of aldehydes is 1.